The van der Waals surface area contributed by atoms with E-state index in [9.17, 15) is 0 Å². The lowest BCUT2D eigenvalue weighted by Crippen LogP contribution is -2.20. The van der Waals surface area contributed by atoms with Crippen molar-refractivity contribution in [2.45, 2.75) is 18.9 Å². The van der Waals surface area contributed by atoms with Crippen LogP contribution in [0, 0.1) is 0 Å². The van der Waals surface area contributed by atoms with Crippen molar-refractivity contribution in [2.75, 3.05) is 26.1 Å². The van der Waals surface area contributed by atoms with E-state index >= 15 is 0 Å². The van der Waals surface area contributed by atoms with Crippen molar-refractivity contribution in [2.24, 2.45) is 0 Å². The molecule has 0 bridgehead atoms. The predicted octanol–water partition coefficient (Wildman–Crippen LogP) is 2.87. The van der Waals surface area contributed by atoms with Crippen molar-refractivity contribution in [3.8, 4) is 11.5 Å². The molecule has 1 aliphatic heterocycles. The second-order valence-corrected chi connectivity index (χ2v) is 6.36. The van der Waals surface area contributed by atoms with Crippen molar-refractivity contribution in [3.05, 3.63) is 59.8 Å². The molecule has 146 valence electrons. The largest absolute Gasteiger partial charge is 0.493 e. The molecule has 1 aromatic carbocycles. The number of nitrogens with zero attached hydrogens (tertiary/aromatic N) is 3. The molecule has 8 heteroatoms. The number of aliphatic hydroxyl groups is 1. The molecule has 4 rings (SSSR count). The van der Waals surface area contributed by atoms with Crippen LogP contribution < -0.4 is 14.8 Å². The molecule has 0 aliphatic carbocycles. The third kappa shape index (κ3) is 3.34. The number of aliphatic hydroxyl groups excluding tert-OH is 1. The van der Waals surface area contributed by atoms with Crippen LogP contribution in [0.4, 0.5) is 5.95 Å². The molecule has 1 atom stereocenters. The van der Waals surface area contributed by atoms with Gasteiger partial charge in [0.2, 0.25) is 5.95 Å². The maximum absolute atomic E-state index is 9.09. The first-order valence-corrected chi connectivity index (χ1v) is 9.04. The number of benzene rings is 1. The van der Waals surface area contributed by atoms with E-state index in [4.69, 9.17) is 19.0 Å². The molecular formula is C20H22N4O4. The van der Waals surface area contributed by atoms with Crippen LogP contribution in [0.25, 0.3) is 5.70 Å². The van der Waals surface area contributed by atoms with Crippen molar-refractivity contribution < 1.29 is 19.0 Å². The lowest BCUT2D eigenvalue weighted by Gasteiger charge is -2.23. The Bertz CT molecular complexity index is 978. The molecule has 0 amide bonds. The SMILES string of the molecule is COc1ccc(C2=CC(c3ccco3)n3nc(CCCO)nc3N2)cc1OC. The van der Waals surface area contributed by atoms with Crippen molar-refractivity contribution in [1.82, 2.24) is 14.8 Å². The minimum atomic E-state index is -0.232. The molecule has 1 unspecified atom stereocenters. The van der Waals surface area contributed by atoms with Crippen molar-refractivity contribution in [3.63, 3.8) is 0 Å². The lowest BCUT2D eigenvalue weighted by molar-refractivity contribution is 0.287. The van der Waals surface area contributed by atoms with Gasteiger partial charge in [0, 0.05) is 24.3 Å². The molecule has 8 nitrogen and oxygen atoms in total. The van der Waals surface area contributed by atoms with Gasteiger partial charge in [0.15, 0.2) is 17.3 Å². The molecule has 0 saturated carbocycles. The Balaban J connectivity index is 1.74. The minimum absolute atomic E-state index is 0.105. The van der Waals surface area contributed by atoms with Gasteiger partial charge in [0.25, 0.3) is 0 Å². The van der Waals surface area contributed by atoms with Gasteiger partial charge in [-0.05, 0) is 42.8 Å². The molecule has 0 spiro atoms. The Labute approximate surface area is 162 Å². The highest BCUT2D eigenvalue weighted by Crippen LogP contribution is 2.36. The number of aryl methyl sites for hydroxylation is 1. The molecule has 2 aromatic heterocycles. The van der Waals surface area contributed by atoms with E-state index in [1.807, 2.05) is 36.4 Å². The van der Waals surface area contributed by atoms with Crippen LogP contribution in [-0.2, 0) is 6.42 Å². The summed E-state index contributed by atoms with van der Waals surface area (Å²) in [6.45, 7) is 0.105. The number of ether oxygens (including phenoxy) is 2. The third-order valence-corrected chi connectivity index (χ3v) is 4.60. The predicted molar refractivity (Wildman–Crippen MR) is 103 cm³/mol. The van der Waals surface area contributed by atoms with E-state index in [0.29, 0.717) is 36.1 Å². The summed E-state index contributed by atoms with van der Waals surface area (Å²) >= 11 is 0. The zero-order valence-corrected chi connectivity index (χ0v) is 15.8. The molecule has 2 N–H and O–H groups in total. The molecule has 0 fully saturated rings. The fraction of sp³-hybridized carbons (Fsp3) is 0.300. The fourth-order valence-corrected chi connectivity index (χ4v) is 3.21. The van der Waals surface area contributed by atoms with Gasteiger partial charge < -0.3 is 24.3 Å². The van der Waals surface area contributed by atoms with Crippen LogP contribution in [0.5, 0.6) is 11.5 Å². The Hall–Kier alpha value is -3.26. The van der Waals surface area contributed by atoms with Gasteiger partial charge in [0.1, 0.15) is 11.8 Å². The number of nitrogens with one attached hydrogen (secondary N) is 1. The smallest absolute Gasteiger partial charge is 0.226 e. The van der Waals surface area contributed by atoms with E-state index in [0.717, 1.165) is 17.0 Å². The number of allylic oxidation sites excluding steroid dienone is 1. The van der Waals surface area contributed by atoms with Crippen LogP contribution in [0.1, 0.15) is 29.6 Å². The third-order valence-electron chi connectivity index (χ3n) is 4.60. The molecule has 3 aromatic rings. The standard InChI is InChI=1S/C20H22N4O4/c1-26-17-8-7-13(11-18(17)27-2)14-12-15(16-5-4-10-28-16)24-20(21-14)22-19(23-24)6-3-9-25/h4-5,7-8,10-12,15,25H,3,6,9H2,1-2H3,(H,21,22,23). The number of hydrogen-bond donors (Lipinski definition) is 2. The Morgan fingerprint density at radius 3 is 2.79 bits per heavy atom. The molecule has 3 heterocycles. The summed E-state index contributed by atoms with van der Waals surface area (Å²) in [5, 5.41) is 17.0. The number of fused-ring (bicyclic) bond motifs is 1. The van der Waals surface area contributed by atoms with Crippen molar-refractivity contribution in [1.29, 1.82) is 0 Å². The zero-order valence-electron chi connectivity index (χ0n) is 15.8. The summed E-state index contributed by atoms with van der Waals surface area (Å²) in [5.74, 6) is 3.38. The van der Waals surface area contributed by atoms with E-state index in [-0.39, 0.29) is 12.6 Å². The Kier molecular flexibility index (Phi) is 5.03. The second kappa shape index (κ2) is 7.77. The quantitative estimate of drug-likeness (QED) is 0.649. The number of anilines is 1. The lowest BCUT2D eigenvalue weighted by atomic mass is 10.1. The second-order valence-electron chi connectivity index (χ2n) is 6.36. The Morgan fingerprint density at radius 2 is 2.07 bits per heavy atom. The average molecular weight is 382 g/mol. The number of methoxy groups -OCH3 is 2. The van der Waals surface area contributed by atoms with Gasteiger partial charge >= 0.3 is 0 Å². The van der Waals surface area contributed by atoms with Gasteiger partial charge in [-0.1, -0.05) is 0 Å². The zero-order chi connectivity index (χ0) is 19.5. The molecule has 28 heavy (non-hydrogen) atoms. The highest BCUT2D eigenvalue weighted by atomic mass is 16.5. The summed E-state index contributed by atoms with van der Waals surface area (Å²) in [4.78, 5) is 4.59. The van der Waals surface area contributed by atoms with Crippen LogP contribution in [0.2, 0.25) is 0 Å². The number of rotatable bonds is 7. The highest BCUT2D eigenvalue weighted by Gasteiger charge is 2.27. The maximum Gasteiger partial charge on any atom is 0.226 e. The van der Waals surface area contributed by atoms with Crippen LogP contribution in [0.3, 0.4) is 0 Å². The summed E-state index contributed by atoms with van der Waals surface area (Å²) < 4.78 is 18.2. The highest BCUT2D eigenvalue weighted by molar-refractivity contribution is 5.78. The number of furan rings is 1. The van der Waals surface area contributed by atoms with Gasteiger partial charge in [-0.15, -0.1) is 0 Å². The maximum atomic E-state index is 9.09. The fourth-order valence-electron chi connectivity index (χ4n) is 3.21. The van der Waals surface area contributed by atoms with Crippen molar-refractivity contribution >= 4 is 11.6 Å². The van der Waals surface area contributed by atoms with Crippen LogP contribution >= 0.6 is 0 Å². The molecule has 0 radical (unpaired) electrons. The topological polar surface area (TPSA) is 94.6 Å². The monoisotopic (exact) mass is 382 g/mol. The summed E-state index contributed by atoms with van der Waals surface area (Å²) in [5.41, 5.74) is 1.80. The van der Waals surface area contributed by atoms with E-state index < -0.39 is 0 Å². The summed E-state index contributed by atoms with van der Waals surface area (Å²) in [7, 11) is 3.22. The first-order valence-electron chi connectivity index (χ1n) is 9.04. The first kappa shape index (κ1) is 18.1. The Morgan fingerprint density at radius 1 is 1.21 bits per heavy atom. The van der Waals surface area contributed by atoms with Gasteiger partial charge in [-0.25, -0.2) is 4.68 Å². The number of aromatic nitrogens is 3. The molecule has 1 aliphatic rings. The minimum Gasteiger partial charge on any atom is -0.493 e. The van der Waals surface area contributed by atoms with E-state index in [2.05, 4.69) is 15.4 Å². The summed E-state index contributed by atoms with van der Waals surface area (Å²) in [6, 6.07) is 9.27. The van der Waals surface area contributed by atoms with E-state index in [1.54, 1.807) is 25.2 Å². The van der Waals surface area contributed by atoms with Gasteiger partial charge in [-0.2, -0.15) is 10.1 Å². The molecular weight excluding hydrogens is 360 g/mol. The van der Waals surface area contributed by atoms with Crippen LogP contribution in [-0.4, -0.2) is 40.7 Å². The van der Waals surface area contributed by atoms with E-state index in [1.165, 1.54) is 0 Å². The average Bonchev–Trinajstić information content (AvgIpc) is 3.40. The van der Waals surface area contributed by atoms with Gasteiger partial charge in [0.05, 0.1) is 20.5 Å². The first-order chi connectivity index (χ1) is 13.7. The van der Waals surface area contributed by atoms with Crippen LogP contribution in [0.15, 0.2) is 47.1 Å². The summed E-state index contributed by atoms with van der Waals surface area (Å²) in [6.07, 6.45) is 4.90. The van der Waals surface area contributed by atoms with Gasteiger partial charge in [-0.3, -0.25) is 0 Å². The number of hydrogen-bond acceptors (Lipinski definition) is 7. The normalized spacial score (nSPS) is 15.5. The molecule has 0 saturated heterocycles.